The van der Waals surface area contributed by atoms with Gasteiger partial charge in [0.05, 0.1) is 8.07 Å². The van der Waals surface area contributed by atoms with Crippen LogP contribution in [0.15, 0.2) is 0 Å². The van der Waals surface area contributed by atoms with E-state index in [1.165, 1.54) is 0 Å². The van der Waals surface area contributed by atoms with Crippen LogP contribution in [-0.4, -0.2) is 18.1 Å². The third-order valence-electron chi connectivity index (χ3n) is 2.59. The first-order valence-corrected chi connectivity index (χ1v) is 8.29. The summed E-state index contributed by atoms with van der Waals surface area (Å²) in [6, 6.07) is 1.90. The molecule has 0 amide bonds. The Balaban J connectivity index is 0.00000144. The SMILES string of the molecule is C[Si]1(C)CC[C@](N)(Cl)[C@@](N)(Cl)C1.[Pt]. The van der Waals surface area contributed by atoms with Gasteiger partial charge < -0.3 is 11.5 Å². The van der Waals surface area contributed by atoms with Crippen LogP contribution in [0, 0.1) is 0 Å². The predicted octanol–water partition coefficient (Wildman–Crippen LogP) is 1.88. The molecule has 1 fully saturated rings. The molecular weight excluding hydrogens is 406 g/mol. The van der Waals surface area contributed by atoms with E-state index in [1.807, 2.05) is 0 Å². The Labute approximate surface area is 105 Å². The van der Waals surface area contributed by atoms with Crippen molar-refractivity contribution in [1.29, 1.82) is 0 Å². The van der Waals surface area contributed by atoms with Crippen molar-refractivity contribution in [1.82, 2.24) is 0 Å². The zero-order valence-corrected chi connectivity index (χ0v) is 12.6. The summed E-state index contributed by atoms with van der Waals surface area (Å²) in [4.78, 5) is -1.83. The molecule has 1 rings (SSSR count). The molecule has 2 atom stereocenters. The molecule has 2 nitrogen and oxygen atoms in total. The molecule has 4 N–H and O–H groups in total. The smallest absolute Gasteiger partial charge is 0.123 e. The van der Waals surface area contributed by atoms with Gasteiger partial charge in [-0.15, -0.1) is 0 Å². The van der Waals surface area contributed by atoms with Gasteiger partial charge >= 0.3 is 0 Å². The normalized spacial score (nSPS) is 43.8. The van der Waals surface area contributed by atoms with Gasteiger partial charge in [-0.05, 0) is 12.5 Å². The molecule has 82 valence electrons. The van der Waals surface area contributed by atoms with E-state index in [9.17, 15) is 0 Å². The minimum atomic E-state index is -1.24. The van der Waals surface area contributed by atoms with E-state index < -0.39 is 18.1 Å². The maximum Gasteiger partial charge on any atom is 0.123 e. The molecule has 13 heavy (non-hydrogen) atoms. The summed E-state index contributed by atoms with van der Waals surface area (Å²) in [7, 11) is -1.24. The van der Waals surface area contributed by atoms with Crippen LogP contribution in [0.2, 0.25) is 25.2 Å². The molecule has 0 saturated carbocycles. The Morgan fingerprint density at radius 2 is 1.62 bits per heavy atom. The van der Waals surface area contributed by atoms with Gasteiger partial charge in [0.2, 0.25) is 0 Å². The number of rotatable bonds is 0. The maximum atomic E-state index is 6.10. The largest absolute Gasteiger partial charge is 0.310 e. The third kappa shape index (κ3) is 3.18. The van der Waals surface area contributed by atoms with Crippen LogP contribution in [0.1, 0.15) is 6.42 Å². The molecule has 0 bridgehead atoms. The van der Waals surface area contributed by atoms with Crippen LogP contribution >= 0.6 is 23.2 Å². The van der Waals surface area contributed by atoms with E-state index in [2.05, 4.69) is 13.1 Å². The van der Waals surface area contributed by atoms with Crippen molar-refractivity contribution >= 4 is 31.3 Å². The summed E-state index contributed by atoms with van der Waals surface area (Å²) in [6.45, 7) is 4.53. The summed E-state index contributed by atoms with van der Waals surface area (Å²) < 4.78 is 0. The molecule has 0 aromatic carbocycles. The number of halogens is 2. The first kappa shape index (κ1) is 14.4. The van der Waals surface area contributed by atoms with Crippen LogP contribution in [0.25, 0.3) is 0 Å². The van der Waals surface area contributed by atoms with Gasteiger partial charge in [-0.2, -0.15) is 0 Å². The number of hydrogen-bond donors (Lipinski definition) is 2. The summed E-state index contributed by atoms with van der Waals surface area (Å²) in [5.74, 6) is 0. The standard InChI is InChI=1S/C7H16Cl2N2Si.Pt/c1-12(2)4-3-6(8,10)7(9,11)5-12;/h3-5,10-11H2,1-2H3;/t6-,7-;/m1./s1. The number of hydrogen-bond acceptors (Lipinski definition) is 2. The van der Waals surface area contributed by atoms with Crippen molar-refractivity contribution in [2.75, 3.05) is 0 Å². The molecule has 1 aliphatic heterocycles. The minimum Gasteiger partial charge on any atom is -0.310 e. The van der Waals surface area contributed by atoms with E-state index in [0.717, 1.165) is 18.5 Å². The second-order valence-electron chi connectivity index (χ2n) is 4.57. The zero-order valence-electron chi connectivity index (χ0n) is 7.85. The molecule has 0 spiro atoms. The average Bonchev–Trinajstić information content (AvgIpc) is 1.79. The Kier molecular flexibility index (Phi) is 4.55. The second-order valence-corrected chi connectivity index (χ2v) is 11.1. The topological polar surface area (TPSA) is 52.0 Å². The zero-order chi connectivity index (χ0) is 9.62. The molecule has 1 saturated heterocycles. The first-order valence-electron chi connectivity index (χ1n) is 4.12. The van der Waals surface area contributed by atoms with Crippen molar-refractivity contribution in [3.8, 4) is 0 Å². The summed E-state index contributed by atoms with van der Waals surface area (Å²) >= 11 is 12.1. The van der Waals surface area contributed by atoms with Gasteiger partial charge in [-0.3, -0.25) is 0 Å². The van der Waals surface area contributed by atoms with E-state index in [4.69, 9.17) is 34.7 Å². The Bertz CT molecular complexity index is 197. The van der Waals surface area contributed by atoms with Crippen LogP contribution in [0.3, 0.4) is 0 Å². The van der Waals surface area contributed by atoms with Crippen LogP contribution in [-0.2, 0) is 21.1 Å². The van der Waals surface area contributed by atoms with Gasteiger partial charge in [-0.1, -0.05) is 42.3 Å². The molecular formula is C7H16Cl2N2PtSi. The van der Waals surface area contributed by atoms with Crippen LogP contribution < -0.4 is 11.5 Å². The van der Waals surface area contributed by atoms with Crippen molar-refractivity contribution in [3.05, 3.63) is 0 Å². The van der Waals surface area contributed by atoms with Crippen LogP contribution in [0.4, 0.5) is 0 Å². The molecule has 1 heterocycles. The Morgan fingerprint density at radius 3 is 1.92 bits per heavy atom. The van der Waals surface area contributed by atoms with Crippen molar-refractivity contribution in [2.24, 2.45) is 11.5 Å². The van der Waals surface area contributed by atoms with E-state index in [-0.39, 0.29) is 21.1 Å². The monoisotopic (exact) mass is 421 g/mol. The third-order valence-corrected chi connectivity index (χ3v) is 7.03. The summed E-state index contributed by atoms with van der Waals surface area (Å²) in [5.41, 5.74) is 11.7. The fourth-order valence-electron chi connectivity index (χ4n) is 1.66. The molecule has 0 aromatic heterocycles. The Morgan fingerprint density at radius 1 is 1.15 bits per heavy atom. The number of nitrogens with two attached hydrogens (primary N) is 2. The van der Waals surface area contributed by atoms with Crippen LogP contribution in [0.5, 0.6) is 0 Å². The van der Waals surface area contributed by atoms with Crippen molar-refractivity contribution < 1.29 is 21.1 Å². The van der Waals surface area contributed by atoms with E-state index >= 15 is 0 Å². The molecule has 0 aliphatic carbocycles. The van der Waals surface area contributed by atoms with Crippen molar-refractivity contribution in [2.45, 2.75) is 41.6 Å². The van der Waals surface area contributed by atoms with Gasteiger partial charge in [0.15, 0.2) is 0 Å². The fourth-order valence-corrected chi connectivity index (χ4v) is 6.23. The van der Waals surface area contributed by atoms with Gasteiger partial charge in [0, 0.05) is 21.1 Å². The van der Waals surface area contributed by atoms with Gasteiger partial charge in [0.1, 0.15) is 10.00 Å². The van der Waals surface area contributed by atoms with E-state index in [1.54, 1.807) is 0 Å². The average molecular weight is 422 g/mol. The maximum absolute atomic E-state index is 6.10. The minimum absolute atomic E-state index is 0. The molecule has 1 aliphatic rings. The van der Waals surface area contributed by atoms with E-state index in [0.29, 0.717) is 0 Å². The molecule has 0 unspecified atom stereocenters. The molecule has 0 radical (unpaired) electrons. The number of alkyl halides is 2. The Hall–Kier alpha value is 1.41. The first-order chi connectivity index (χ1) is 5.16. The van der Waals surface area contributed by atoms with Crippen molar-refractivity contribution in [3.63, 3.8) is 0 Å². The molecule has 6 heteroatoms. The van der Waals surface area contributed by atoms with Gasteiger partial charge in [0.25, 0.3) is 0 Å². The summed E-state index contributed by atoms with van der Waals surface area (Å²) in [5, 5.41) is 0. The summed E-state index contributed by atoms with van der Waals surface area (Å²) in [6.07, 6.45) is 0.730. The molecule has 0 aromatic rings. The fraction of sp³-hybridized carbons (Fsp3) is 1.00. The predicted molar refractivity (Wildman–Crippen MR) is 57.3 cm³/mol. The second kappa shape index (κ2) is 4.11. The quantitative estimate of drug-likeness (QED) is 0.356. The van der Waals surface area contributed by atoms with Gasteiger partial charge in [-0.25, -0.2) is 0 Å².